The highest BCUT2D eigenvalue weighted by molar-refractivity contribution is 4.71. The Balaban J connectivity index is 1.92. The lowest BCUT2D eigenvalue weighted by atomic mass is 9.81. The van der Waals surface area contributed by atoms with Gasteiger partial charge >= 0.3 is 0 Å². The summed E-state index contributed by atoms with van der Waals surface area (Å²) in [5.74, 6) is 1.98. The zero-order chi connectivity index (χ0) is 10.9. The number of hydrogen-bond acceptors (Lipinski definition) is 1. The Kier molecular flexibility index (Phi) is 6.74. The van der Waals surface area contributed by atoms with Gasteiger partial charge in [0.15, 0.2) is 0 Å². The topological polar surface area (TPSA) is 12.0 Å². The van der Waals surface area contributed by atoms with Crippen LogP contribution in [0.2, 0.25) is 0 Å². The summed E-state index contributed by atoms with van der Waals surface area (Å²) in [5.41, 5.74) is 0. The Morgan fingerprint density at radius 1 is 1.33 bits per heavy atom. The molecule has 1 N–H and O–H groups in total. The number of allylic oxidation sites excluding steroid dienone is 1. The second kappa shape index (κ2) is 7.92. The van der Waals surface area contributed by atoms with Crippen LogP contribution in [0.3, 0.4) is 0 Å². The smallest absolute Gasteiger partial charge is 0.00460 e. The quantitative estimate of drug-likeness (QED) is 0.497. The molecule has 0 bridgehead atoms. The highest BCUT2D eigenvalue weighted by atomic mass is 14.8. The molecule has 1 rings (SSSR count). The van der Waals surface area contributed by atoms with Gasteiger partial charge in [-0.25, -0.2) is 0 Å². The van der Waals surface area contributed by atoms with Crippen molar-refractivity contribution in [2.45, 2.75) is 51.9 Å². The van der Waals surface area contributed by atoms with Crippen molar-refractivity contribution in [3.8, 4) is 0 Å². The molecule has 88 valence electrons. The van der Waals surface area contributed by atoms with Crippen molar-refractivity contribution in [3.05, 3.63) is 12.7 Å². The minimum absolute atomic E-state index is 0.976. The highest BCUT2D eigenvalue weighted by Crippen LogP contribution is 2.30. The first-order valence-corrected chi connectivity index (χ1v) is 6.64. The molecule has 0 aliphatic heterocycles. The molecule has 0 spiro atoms. The van der Waals surface area contributed by atoms with E-state index >= 15 is 0 Å². The summed E-state index contributed by atoms with van der Waals surface area (Å²) in [6.45, 7) is 8.52. The van der Waals surface area contributed by atoms with E-state index in [1.54, 1.807) is 0 Å². The largest absolute Gasteiger partial charge is 0.317 e. The first kappa shape index (κ1) is 12.8. The fourth-order valence-corrected chi connectivity index (χ4v) is 2.62. The predicted octanol–water partition coefficient (Wildman–Crippen LogP) is 3.76. The zero-order valence-corrected chi connectivity index (χ0v) is 10.3. The summed E-state index contributed by atoms with van der Waals surface area (Å²) < 4.78 is 0. The number of rotatable bonds is 7. The van der Waals surface area contributed by atoms with Crippen LogP contribution >= 0.6 is 0 Å². The maximum absolute atomic E-state index is 3.73. The van der Waals surface area contributed by atoms with Gasteiger partial charge in [0.2, 0.25) is 0 Å². The maximum atomic E-state index is 3.73. The highest BCUT2D eigenvalue weighted by Gasteiger charge is 2.17. The summed E-state index contributed by atoms with van der Waals surface area (Å²) in [6, 6.07) is 0. The predicted molar refractivity (Wildman–Crippen MR) is 68.0 cm³/mol. The number of nitrogens with one attached hydrogen (secondary N) is 1. The number of unbranched alkanes of at least 4 members (excludes halogenated alkanes) is 1. The first-order valence-electron chi connectivity index (χ1n) is 6.64. The second-order valence-corrected chi connectivity index (χ2v) is 5.11. The number of hydrogen-bond donors (Lipinski definition) is 1. The van der Waals surface area contributed by atoms with E-state index in [1.807, 2.05) is 6.08 Å². The molecule has 1 heteroatoms. The van der Waals surface area contributed by atoms with Gasteiger partial charge in [0, 0.05) is 0 Å². The van der Waals surface area contributed by atoms with E-state index in [4.69, 9.17) is 0 Å². The lowest BCUT2D eigenvalue weighted by Crippen LogP contribution is -2.22. The average Bonchev–Trinajstić information content (AvgIpc) is 2.23. The van der Waals surface area contributed by atoms with E-state index < -0.39 is 0 Å². The SMILES string of the molecule is C=CCCCNCCC1CCCC(C)C1. The molecule has 1 aliphatic rings. The van der Waals surface area contributed by atoms with Crippen LogP contribution in [0.25, 0.3) is 0 Å². The Bertz CT molecular complexity index is 165. The van der Waals surface area contributed by atoms with Gasteiger partial charge in [0.1, 0.15) is 0 Å². The average molecular weight is 209 g/mol. The molecule has 2 unspecified atom stereocenters. The molecule has 15 heavy (non-hydrogen) atoms. The van der Waals surface area contributed by atoms with Crippen LogP contribution in [-0.2, 0) is 0 Å². The molecule has 1 fully saturated rings. The molecular formula is C14H27N. The van der Waals surface area contributed by atoms with Crippen LogP contribution in [0.5, 0.6) is 0 Å². The van der Waals surface area contributed by atoms with Gasteiger partial charge < -0.3 is 5.32 Å². The van der Waals surface area contributed by atoms with Crippen molar-refractivity contribution in [2.75, 3.05) is 13.1 Å². The lowest BCUT2D eigenvalue weighted by Gasteiger charge is -2.26. The Labute approximate surface area is 95.3 Å². The molecule has 0 saturated heterocycles. The van der Waals surface area contributed by atoms with Crippen LogP contribution < -0.4 is 5.32 Å². The van der Waals surface area contributed by atoms with Gasteiger partial charge in [-0.15, -0.1) is 6.58 Å². The normalized spacial score (nSPS) is 26.5. The van der Waals surface area contributed by atoms with Crippen LogP contribution in [0.4, 0.5) is 0 Å². The zero-order valence-electron chi connectivity index (χ0n) is 10.3. The van der Waals surface area contributed by atoms with E-state index in [9.17, 15) is 0 Å². The lowest BCUT2D eigenvalue weighted by molar-refractivity contribution is 0.267. The van der Waals surface area contributed by atoms with Crippen LogP contribution in [0.1, 0.15) is 51.9 Å². The molecule has 1 saturated carbocycles. The van der Waals surface area contributed by atoms with Crippen LogP contribution in [0.15, 0.2) is 12.7 Å². The van der Waals surface area contributed by atoms with Crippen molar-refractivity contribution in [1.29, 1.82) is 0 Å². The van der Waals surface area contributed by atoms with E-state index in [0.717, 1.165) is 24.8 Å². The monoisotopic (exact) mass is 209 g/mol. The molecule has 1 aliphatic carbocycles. The standard InChI is InChI=1S/C14H27N/c1-3-4-5-10-15-11-9-14-8-6-7-13(2)12-14/h3,13-15H,1,4-12H2,2H3. The van der Waals surface area contributed by atoms with Crippen molar-refractivity contribution < 1.29 is 0 Å². The second-order valence-electron chi connectivity index (χ2n) is 5.11. The summed E-state index contributed by atoms with van der Waals surface area (Å²) in [4.78, 5) is 0. The van der Waals surface area contributed by atoms with Crippen molar-refractivity contribution in [2.24, 2.45) is 11.8 Å². The molecule has 0 amide bonds. The van der Waals surface area contributed by atoms with Crippen molar-refractivity contribution in [1.82, 2.24) is 5.32 Å². The third kappa shape index (κ3) is 5.99. The molecule has 0 aromatic rings. The molecule has 0 heterocycles. The fourth-order valence-electron chi connectivity index (χ4n) is 2.62. The van der Waals surface area contributed by atoms with Gasteiger partial charge in [-0.1, -0.05) is 32.3 Å². The van der Waals surface area contributed by atoms with Gasteiger partial charge in [0.05, 0.1) is 0 Å². The Morgan fingerprint density at radius 2 is 2.20 bits per heavy atom. The molecular weight excluding hydrogens is 182 g/mol. The van der Waals surface area contributed by atoms with Crippen molar-refractivity contribution >= 4 is 0 Å². The maximum Gasteiger partial charge on any atom is -0.00460 e. The summed E-state index contributed by atoms with van der Waals surface area (Å²) >= 11 is 0. The van der Waals surface area contributed by atoms with Gasteiger partial charge in [-0.3, -0.25) is 0 Å². The summed E-state index contributed by atoms with van der Waals surface area (Å²) in [5, 5.41) is 3.53. The first-order chi connectivity index (χ1) is 7.33. The Morgan fingerprint density at radius 3 is 2.93 bits per heavy atom. The summed E-state index contributed by atoms with van der Waals surface area (Å²) in [6.07, 6.45) is 11.6. The van der Waals surface area contributed by atoms with E-state index in [1.165, 1.54) is 45.1 Å². The van der Waals surface area contributed by atoms with Crippen LogP contribution in [0, 0.1) is 11.8 Å². The minimum Gasteiger partial charge on any atom is -0.317 e. The van der Waals surface area contributed by atoms with E-state index in [2.05, 4.69) is 18.8 Å². The van der Waals surface area contributed by atoms with Gasteiger partial charge in [-0.05, 0) is 50.6 Å². The van der Waals surface area contributed by atoms with Crippen molar-refractivity contribution in [3.63, 3.8) is 0 Å². The molecule has 0 aromatic carbocycles. The van der Waals surface area contributed by atoms with Crippen LogP contribution in [-0.4, -0.2) is 13.1 Å². The van der Waals surface area contributed by atoms with E-state index in [-0.39, 0.29) is 0 Å². The summed E-state index contributed by atoms with van der Waals surface area (Å²) in [7, 11) is 0. The van der Waals surface area contributed by atoms with E-state index in [0.29, 0.717) is 0 Å². The minimum atomic E-state index is 0.976. The molecule has 2 atom stereocenters. The van der Waals surface area contributed by atoms with Gasteiger partial charge in [-0.2, -0.15) is 0 Å². The Hall–Kier alpha value is -0.300. The fraction of sp³-hybridized carbons (Fsp3) is 0.857. The molecule has 0 radical (unpaired) electrons. The third-order valence-electron chi connectivity index (χ3n) is 3.54. The van der Waals surface area contributed by atoms with Gasteiger partial charge in [0.25, 0.3) is 0 Å². The molecule has 1 nitrogen and oxygen atoms in total. The molecule has 0 aromatic heterocycles. The third-order valence-corrected chi connectivity index (χ3v) is 3.54.